The van der Waals surface area contributed by atoms with Gasteiger partial charge in [-0.05, 0) is 35.9 Å². The van der Waals surface area contributed by atoms with E-state index in [0.717, 1.165) is 6.07 Å². The summed E-state index contributed by atoms with van der Waals surface area (Å²) in [6.45, 7) is 0. The molecule has 0 saturated carbocycles. The first-order valence-corrected chi connectivity index (χ1v) is 7.22. The lowest BCUT2D eigenvalue weighted by atomic mass is 10.0. The summed E-state index contributed by atoms with van der Waals surface area (Å²) in [6.07, 6.45) is 1.32. The molecule has 0 aliphatic rings. The van der Waals surface area contributed by atoms with Crippen molar-refractivity contribution in [2.45, 2.75) is 0 Å². The van der Waals surface area contributed by atoms with E-state index in [1.54, 1.807) is 12.1 Å². The maximum atomic E-state index is 13.7. The van der Waals surface area contributed by atoms with E-state index in [9.17, 15) is 14.4 Å². The van der Waals surface area contributed by atoms with E-state index >= 15 is 0 Å². The van der Waals surface area contributed by atoms with Crippen molar-refractivity contribution in [1.29, 1.82) is 5.26 Å². The van der Waals surface area contributed by atoms with E-state index in [-0.39, 0.29) is 16.2 Å². The summed E-state index contributed by atoms with van der Waals surface area (Å²) in [7, 11) is 2.89. The molecule has 0 aliphatic heterocycles. The van der Waals surface area contributed by atoms with E-state index in [1.165, 1.54) is 44.6 Å². The lowest BCUT2D eigenvalue weighted by molar-refractivity contribution is 0.103. The SMILES string of the molecule is COc1cc(/C=C(\C#N)C(=O)c2ccccc2F)cc(Cl)c1OC. The number of allylic oxidation sites excluding steroid dienone is 1. The smallest absolute Gasteiger partial charge is 0.206 e. The van der Waals surface area contributed by atoms with Crippen LogP contribution in [0.2, 0.25) is 5.02 Å². The second-order valence-corrected chi connectivity index (χ2v) is 5.12. The number of Topliss-reactive ketones (excluding diaryl/α,β-unsaturated/α-hetero) is 1. The maximum absolute atomic E-state index is 13.7. The predicted molar refractivity (Wildman–Crippen MR) is 88.9 cm³/mol. The standard InChI is InChI=1S/C18H13ClFNO3/c1-23-16-9-11(8-14(19)18(16)24-2)7-12(10-21)17(22)13-5-3-4-6-15(13)20/h3-9H,1-2H3/b12-7+. The third kappa shape index (κ3) is 3.55. The normalized spacial score (nSPS) is 10.9. The molecule has 0 aliphatic carbocycles. The summed E-state index contributed by atoms with van der Waals surface area (Å²) in [6, 6.07) is 10.4. The Labute approximate surface area is 143 Å². The average Bonchev–Trinajstić information content (AvgIpc) is 2.59. The minimum absolute atomic E-state index is 0.170. The van der Waals surface area contributed by atoms with E-state index in [2.05, 4.69) is 0 Å². The number of carbonyl (C=O) groups excluding carboxylic acids is 1. The third-order valence-electron chi connectivity index (χ3n) is 3.25. The van der Waals surface area contributed by atoms with Gasteiger partial charge in [-0.15, -0.1) is 0 Å². The van der Waals surface area contributed by atoms with Crippen LogP contribution in [0.4, 0.5) is 4.39 Å². The highest BCUT2D eigenvalue weighted by Crippen LogP contribution is 2.36. The van der Waals surface area contributed by atoms with Gasteiger partial charge >= 0.3 is 0 Å². The summed E-state index contributed by atoms with van der Waals surface area (Å²) in [5.41, 5.74) is 0.0687. The molecule has 0 spiro atoms. The first kappa shape index (κ1) is 17.5. The Balaban J connectivity index is 2.49. The highest BCUT2D eigenvalue weighted by molar-refractivity contribution is 6.32. The van der Waals surface area contributed by atoms with Crippen LogP contribution in [-0.4, -0.2) is 20.0 Å². The van der Waals surface area contributed by atoms with E-state index in [4.69, 9.17) is 21.1 Å². The van der Waals surface area contributed by atoms with Crippen LogP contribution in [0.15, 0.2) is 42.0 Å². The van der Waals surface area contributed by atoms with Crippen LogP contribution in [0.1, 0.15) is 15.9 Å². The molecule has 2 aromatic rings. The second-order valence-electron chi connectivity index (χ2n) is 4.72. The molecule has 0 saturated heterocycles. The van der Waals surface area contributed by atoms with Gasteiger partial charge in [0.15, 0.2) is 11.5 Å². The zero-order valence-corrected chi connectivity index (χ0v) is 13.7. The molecule has 4 nitrogen and oxygen atoms in total. The number of hydrogen-bond acceptors (Lipinski definition) is 4. The van der Waals surface area contributed by atoms with Gasteiger partial charge in [0.25, 0.3) is 0 Å². The number of rotatable bonds is 5. The number of hydrogen-bond donors (Lipinski definition) is 0. The Morgan fingerprint density at radius 3 is 2.54 bits per heavy atom. The summed E-state index contributed by atoms with van der Waals surface area (Å²) in [4.78, 5) is 12.3. The third-order valence-corrected chi connectivity index (χ3v) is 3.53. The Morgan fingerprint density at radius 1 is 1.25 bits per heavy atom. The molecule has 2 rings (SSSR count). The molecule has 0 fully saturated rings. The van der Waals surface area contributed by atoms with Crippen molar-refractivity contribution in [2.75, 3.05) is 14.2 Å². The van der Waals surface area contributed by atoms with Gasteiger partial charge in [-0.2, -0.15) is 5.26 Å². The monoisotopic (exact) mass is 345 g/mol. The Morgan fingerprint density at radius 2 is 1.96 bits per heavy atom. The minimum Gasteiger partial charge on any atom is -0.493 e. The lowest BCUT2D eigenvalue weighted by Gasteiger charge is -2.10. The van der Waals surface area contributed by atoms with Crippen LogP contribution < -0.4 is 9.47 Å². The fourth-order valence-electron chi connectivity index (χ4n) is 2.13. The van der Waals surface area contributed by atoms with Crippen molar-refractivity contribution in [2.24, 2.45) is 0 Å². The largest absolute Gasteiger partial charge is 0.493 e. The van der Waals surface area contributed by atoms with Gasteiger partial charge in [0.05, 0.1) is 24.8 Å². The molecule has 0 unspecified atom stereocenters. The molecule has 2 aromatic carbocycles. The number of ether oxygens (including phenoxy) is 2. The molecular formula is C18H13ClFNO3. The average molecular weight is 346 g/mol. The molecule has 6 heteroatoms. The molecule has 0 radical (unpaired) electrons. The zero-order chi connectivity index (χ0) is 17.7. The molecule has 0 N–H and O–H groups in total. The van der Waals surface area contributed by atoms with Gasteiger partial charge in [-0.25, -0.2) is 4.39 Å². The number of carbonyl (C=O) groups is 1. The molecule has 0 aromatic heterocycles. The Bertz CT molecular complexity index is 856. The fraction of sp³-hybridized carbons (Fsp3) is 0.111. The van der Waals surface area contributed by atoms with Gasteiger partial charge in [-0.3, -0.25) is 4.79 Å². The zero-order valence-electron chi connectivity index (χ0n) is 13.0. The first-order valence-electron chi connectivity index (χ1n) is 6.84. The topological polar surface area (TPSA) is 59.3 Å². The lowest BCUT2D eigenvalue weighted by Crippen LogP contribution is -2.04. The van der Waals surface area contributed by atoms with E-state index in [1.807, 2.05) is 0 Å². The molecular weight excluding hydrogens is 333 g/mol. The Kier molecular flexibility index (Phi) is 5.56. The summed E-state index contributed by atoms with van der Waals surface area (Å²) in [5, 5.41) is 9.52. The minimum atomic E-state index is -0.707. The molecule has 0 bridgehead atoms. The van der Waals surface area contributed by atoms with Crippen molar-refractivity contribution in [3.8, 4) is 17.6 Å². The van der Waals surface area contributed by atoms with Crippen LogP contribution in [0.25, 0.3) is 6.08 Å². The van der Waals surface area contributed by atoms with Crippen molar-refractivity contribution in [1.82, 2.24) is 0 Å². The van der Waals surface area contributed by atoms with E-state index in [0.29, 0.717) is 17.1 Å². The fourth-order valence-corrected chi connectivity index (χ4v) is 2.42. The van der Waals surface area contributed by atoms with E-state index < -0.39 is 11.6 Å². The van der Waals surface area contributed by atoms with Crippen LogP contribution in [0.3, 0.4) is 0 Å². The quantitative estimate of drug-likeness (QED) is 0.461. The van der Waals surface area contributed by atoms with Crippen LogP contribution >= 0.6 is 11.6 Å². The second kappa shape index (κ2) is 7.62. The molecule has 0 heterocycles. The molecule has 122 valence electrons. The van der Waals surface area contributed by atoms with Crippen molar-refractivity contribution < 1.29 is 18.7 Å². The van der Waals surface area contributed by atoms with Gasteiger partial charge < -0.3 is 9.47 Å². The van der Waals surface area contributed by atoms with Crippen LogP contribution in [-0.2, 0) is 0 Å². The van der Waals surface area contributed by atoms with Gasteiger partial charge in [0.2, 0.25) is 5.78 Å². The Hall–Kier alpha value is -2.84. The molecule has 0 atom stereocenters. The number of benzene rings is 2. The number of nitrogens with zero attached hydrogens (tertiary/aromatic N) is 1. The van der Waals surface area contributed by atoms with Gasteiger partial charge in [0.1, 0.15) is 17.5 Å². The summed E-state index contributed by atoms with van der Waals surface area (Å²) < 4.78 is 24.0. The maximum Gasteiger partial charge on any atom is 0.206 e. The van der Waals surface area contributed by atoms with Crippen molar-refractivity contribution >= 4 is 23.5 Å². The molecule has 24 heavy (non-hydrogen) atoms. The first-order chi connectivity index (χ1) is 11.5. The molecule has 0 amide bonds. The highest BCUT2D eigenvalue weighted by Gasteiger charge is 2.17. The predicted octanol–water partition coefficient (Wildman–Crippen LogP) is 4.29. The number of ketones is 1. The number of halogens is 2. The van der Waals surface area contributed by atoms with Gasteiger partial charge in [-0.1, -0.05) is 23.7 Å². The number of methoxy groups -OCH3 is 2. The number of nitriles is 1. The van der Waals surface area contributed by atoms with Crippen LogP contribution in [0.5, 0.6) is 11.5 Å². The summed E-state index contributed by atoms with van der Waals surface area (Å²) in [5.74, 6) is -0.697. The van der Waals surface area contributed by atoms with Crippen molar-refractivity contribution in [3.05, 3.63) is 63.9 Å². The van der Waals surface area contributed by atoms with Crippen molar-refractivity contribution in [3.63, 3.8) is 0 Å². The highest BCUT2D eigenvalue weighted by atomic mass is 35.5. The summed E-state index contributed by atoms with van der Waals surface area (Å²) >= 11 is 6.10. The van der Waals surface area contributed by atoms with Crippen LogP contribution in [0, 0.1) is 17.1 Å². The van der Waals surface area contributed by atoms with Gasteiger partial charge in [0, 0.05) is 0 Å².